The van der Waals surface area contributed by atoms with Gasteiger partial charge in [0, 0.05) is 37.2 Å². The molecule has 2 aromatic carbocycles. The Morgan fingerprint density at radius 1 is 1.03 bits per heavy atom. The van der Waals surface area contributed by atoms with Crippen molar-refractivity contribution < 1.29 is 12.8 Å². The van der Waals surface area contributed by atoms with Crippen molar-refractivity contribution in [3.8, 4) is 0 Å². The van der Waals surface area contributed by atoms with Crippen LogP contribution in [0.5, 0.6) is 0 Å². The second-order valence-corrected chi connectivity index (χ2v) is 11.9. The average Bonchev–Trinajstić information content (AvgIpc) is 3.23. The molecule has 1 unspecified atom stereocenters. The first-order chi connectivity index (χ1) is 15.5. The molecule has 0 saturated carbocycles. The molecular formula is C25H29N3O4S. The molecule has 2 heterocycles. The highest BCUT2D eigenvalue weighted by atomic mass is 32.2. The maximum Gasteiger partial charge on any atom is 0.328 e. The van der Waals surface area contributed by atoms with Crippen LogP contribution in [0.2, 0.25) is 0 Å². The SMILES string of the molecule is Cn1c(=O)n(C)c2cc(S(=O)(=O)Nc3ccc4oc5c(c4c3)CC(C(C)(C)C)CC5)ccc21. The molecule has 0 aliphatic heterocycles. The summed E-state index contributed by atoms with van der Waals surface area (Å²) in [5, 5.41) is 0.972. The lowest BCUT2D eigenvalue weighted by Crippen LogP contribution is -2.26. The lowest BCUT2D eigenvalue weighted by Gasteiger charge is -2.33. The molecule has 0 spiro atoms. The predicted molar refractivity (Wildman–Crippen MR) is 130 cm³/mol. The molecule has 4 aromatic rings. The molecule has 0 radical (unpaired) electrons. The van der Waals surface area contributed by atoms with Gasteiger partial charge in [0.25, 0.3) is 10.0 Å². The molecule has 1 atom stereocenters. The summed E-state index contributed by atoms with van der Waals surface area (Å²) in [6.07, 6.45) is 2.93. The first kappa shape index (κ1) is 21.8. The van der Waals surface area contributed by atoms with E-state index in [2.05, 4.69) is 25.5 Å². The van der Waals surface area contributed by atoms with Gasteiger partial charge in [0.2, 0.25) is 0 Å². The Balaban J connectivity index is 1.51. The summed E-state index contributed by atoms with van der Waals surface area (Å²) in [6.45, 7) is 6.80. The highest BCUT2D eigenvalue weighted by Crippen LogP contribution is 2.41. The highest BCUT2D eigenvalue weighted by Gasteiger charge is 2.31. The average molecular weight is 468 g/mol. The van der Waals surface area contributed by atoms with E-state index in [0.29, 0.717) is 22.6 Å². The number of furan rings is 1. The van der Waals surface area contributed by atoms with E-state index in [4.69, 9.17) is 4.42 Å². The van der Waals surface area contributed by atoms with Crippen LogP contribution < -0.4 is 10.4 Å². The number of aromatic nitrogens is 2. The van der Waals surface area contributed by atoms with Crippen molar-refractivity contribution in [3.05, 3.63) is 58.2 Å². The van der Waals surface area contributed by atoms with Crippen molar-refractivity contribution in [3.63, 3.8) is 0 Å². The van der Waals surface area contributed by atoms with E-state index in [1.807, 2.05) is 12.1 Å². The molecule has 1 aliphatic rings. The summed E-state index contributed by atoms with van der Waals surface area (Å²) in [5.41, 5.74) is 3.73. The second kappa shape index (κ2) is 7.25. The number of hydrogen-bond acceptors (Lipinski definition) is 4. The summed E-state index contributed by atoms with van der Waals surface area (Å²) in [6, 6.07) is 10.2. The van der Waals surface area contributed by atoms with Crippen LogP contribution in [-0.4, -0.2) is 17.6 Å². The number of rotatable bonds is 3. The smallest absolute Gasteiger partial charge is 0.328 e. The van der Waals surface area contributed by atoms with Gasteiger partial charge in [-0.05, 0) is 60.6 Å². The lowest BCUT2D eigenvalue weighted by molar-refractivity contribution is 0.210. The zero-order valence-electron chi connectivity index (χ0n) is 19.6. The fraction of sp³-hybridized carbons (Fsp3) is 0.400. The van der Waals surface area contributed by atoms with Gasteiger partial charge in [-0.3, -0.25) is 13.9 Å². The van der Waals surface area contributed by atoms with E-state index >= 15 is 0 Å². The van der Waals surface area contributed by atoms with Crippen molar-refractivity contribution >= 4 is 37.7 Å². The summed E-state index contributed by atoms with van der Waals surface area (Å²) in [7, 11) is -0.534. The third-order valence-corrected chi connectivity index (χ3v) is 8.45. The van der Waals surface area contributed by atoms with Gasteiger partial charge in [0.1, 0.15) is 11.3 Å². The Bertz CT molecular complexity index is 1570. The molecule has 7 nitrogen and oxygen atoms in total. The van der Waals surface area contributed by atoms with E-state index in [1.165, 1.54) is 26.8 Å². The van der Waals surface area contributed by atoms with Crippen LogP contribution in [0, 0.1) is 11.3 Å². The Morgan fingerprint density at radius 3 is 2.48 bits per heavy atom. The van der Waals surface area contributed by atoms with Crippen LogP contribution in [0.4, 0.5) is 5.69 Å². The first-order valence-electron chi connectivity index (χ1n) is 11.2. The minimum atomic E-state index is -3.84. The number of nitrogens with one attached hydrogen (secondary N) is 1. The van der Waals surface area contributed by atoms with Gasteiger partial charge in [-0.1, -0.05) is 20.8 Å². The Labute approximate surface area is 193 Å². The highest BCUT2D eigenvalue weighted by molar-refractivity contribution is 7.92. The molecule has 8 heteroatoms. The van der Waals surface area contributed by atoms with Crippen molar-refractivity contribution in [2.75, 3.05) is 4.72 Å². The van der Waals surface area contributed by atoms with Crippen molar-refractivity contribution in [1.82, 2.24) is 9.13 Å². The Hall–Kier alpha value is -3.00. The zero-order valence-corrected chi connectivity index (χ0v) is 20.4. The van der Waals surface area contributed by atoms with Crippen LogP contribution in [0.15, 0.2) is 50.5 Å². The van der Waals surface area contributed by atoms with E-state index < -0.39 is 10.0 Å². The zero-order chi connectivity index (χ0) is 23.7. The monoisotopic (exact) mass is 467 g/mol. The maximum absolute atomic E-state index is 13.2. The Kier molecular flexibility index (Phi) is 4.79. The van der Waals surface area contributed by atoms with Crippen molar-refractivity contribution in [2.24, 2.45) is 25.4 Å². The van der Waals surface area contributed by atoms with E-state index in [-0.39, 0.29) is 16.0 Å². The second-order valence-electron chi connectivity index (χ2n) is 10.2. The predicted octanol–water partition coefficient (Wildman–Crippen LogP) is 4.58. The number of sulfonamides is 1. The summed E-state index contributed by atoms with van der Waals surface area (Å²) in [5.74, 6) is 1.57. The largest absolute Gasteiger partial charge is 0.461 e. The third kappa shape index (κ3) is 3.57. The molecule has 1 aliphatic carbocycles. The molecule has 2 aromatic heterocycles. The maximum atomic E-state index is 13.2. The number of nitrogens with zero attached hydrogens (tertiary/aromatic N) is 2. The number of aryl methyl sites for hydroxylation is 3. The van der Waals surface area contributed by atoms with Gasteiger partial charge in [0.15, 0.2) is 0 Å². The molecule has 1 N–H and O–H groups in total. The molecule has 33 heavy (non-hydrogen) atoms. The third-order valence-electron chi connectivity index (χ3n) is 7.08. The van der Waals surface area contributed by atoms with Crippen LogP contribution >= 0.6 is 0 Å². The van der Waals surface area contributed by atoms with Gasteiger partial charge in [-0.2, -0.15) is 0 Å². The summed E-state index contributed by atoms with van der Waals surface area (Å²) < 4.78 is 38.1. The van der Waals surface area contributed by atoms with Gasteiger partial charge >= 0.3 is 5.69 Å². The number of hydrogen-bond donors (Lipinski definition) is 1. The lowest BCUT2D eigenvalue weighted by atomic mass is 9.71. The molecule has 0 bridgehead atoms. The van der Waals surface area contributed by atoms with Crippen molar-refractivity contribution in [1.29, 1.82) is 0 Å². The van der Waals surface area contributed by atoms with Gasteiger partial charge in [-0.25, -0.2) is 13.2 Å². The van der Waals surface area contributed by atoms with E-state index in [0.717, 1.165) is 36.0 Å². The van der Waals surface area contributed by atoms with Crippen LogP contribution in [0.1, 0.15) is 38.5 Å². The fourth-order valence-corrected chi connectivity index (χ4v) is 6.02. The summed E-state index contributed by atoms with van der Waals surface area (Å²) in [4.78, 5) is 12.3. The molecule has 0 fully saturated rings. The van der Waals surface area contributed by atoms with E-state index in [1.54, 1.807) is 26.2 Å². The minimum Gasteiger partial charge on any atom is -0.461 e. The van der Waals surface area contributed by atoms with Crippen LogP contribution in [0.3, 0.4) is 0 Å². The summed E-state index contributed by atoms with van der Waals surface area (Å²) >= 11 is 0. The number of benzene rings is 2. The van der Waals surface area contributed by atoms with Gasteiger partial charge in [-0.15, -0.1) is 0 Å². The fourth-order valence-electron chi connectivity index (χ4n) is 4.95. The van der Waals surface area contributed by atoms with Gasteiger partial charge in [0.05, 0.1) is 15.9 Å². The molecule has 5 rings (SSSR count). The first-order valence-corrected chi connectivity index (χ1v) is 12.7. The van der Waals surface area contributed by atoms with Gasteiger partial charge < -0.3 is 4.42 Å². The van der Waals surface area contributed by atoms with Crippen LogP contribution in [-0.2, 0) is 37.0 Å². The van der Waals surface area contributed by atoms with Crippen molar-refractivity contribution in [2.45, 2.75) is 44.9 Å². The normalized spacial score (nSPS) is 16.9. The number of imidazole rings is 1. The molecule has 174 valence electrons. The Morgan fingerprint density at radius 2 is 1.76 bits per heavy atom. The number of anilines is 1. The molecular weight excluding hydrogens is 438 g/mol. The number of fused-ring (bicyclic) bond motifs is 4. The topological polar surface area (TPSA) is 86.2 Å². The quantitative estimate of drug-likeness (QED) is 0.478. The standard InChI is InChI=1S/C25H29N3O4S/c1-25(2,3)15-6-10-22-18(12-15)19-13-16(7-11-23(19)32-22)26-33(30,31)17-8-9-20-21(14-17)28(5)24(29)27(20)4/h7-9,11,13-15,26H,6,10,12H2,1-5H3. The molecule has 0 saturated heterocycles. The minimum absolute atomic E-state index is 0.110. The van der Waals surface area contributed by atoms with Crippen LogP contribution in [0.25, 0.3) is 22.0 Å². The molecule has 0 amide bonds. The van der Waals surface area contributed by atoms with E-state index in [9.17, 15) is 13.2 Å².